The first-order valence-corrected chi connectivity index (χ1v) is 20.6. The van der Waals surface area contributed by atoms with Gasteiger partial charge in [0.05, 0.1) is 47.3 Å². The molecule has 5 heterocycles. The zero-order valence-electron chi connectivity index (χ0n) is 33.5. The summed E-state index contributed by atoms with van der Waals surface area (Å²) in [5, 5.41) is 36.1. The Balaban J connectivity index is 0.908. The monoisotopic (exact) mass is 822 g/mol. The van der Waals surface area contributed by atoms with Gasteiger partial charge < -0.3 is 53.2 Å². The number of phenolic OH excluding ortho intramolecular Hbond substituents is 1. The third-order valence-electron chi connectivity index (χ3n) is 13.4. The van der Waals surface area contributed by atoms with E-state index < -0.39 is 120 Å². The molecule has 3 N–H and O–H groups in total. The smallest absolute Gasteiger partial charge is 0.198 e. The highest BCUT2D eigenvalue weighted by atomic mass is 16.7. The van der Waals surface area contributed by atoms with Crippen LogP contribution in [0.25, 0.3) is 0 Å². The molecule has 0 amide bonds. The lowest BCUT2D eigenvalue weighted by Gasteiger charge is -2.53. The largest absolute Gasteiger partial charge is 0.507 e. The van der Waals surface area contributed by atoms with E-state index in [1.807, 2.05) is 6.92 Å². The second-order valence-electron chi connectivity index (χ2n) is 17.6. The van der Waals surface area contributed by atoms with Gasteiger partial charge in [0.15, 0.2) is 53.4 Å². The topological polar surface area (TPSA) is 220 Å². The average molecular weight is 823 g/mol. The molecule has 9 rings (SSSR count). The summed E-state index contributed by atoms with van der Waals surface area (Å²) in [4.78, 5) is 67.0. The summed E-state index contributed by atoms with van der Waals surface area (Å²) in [7, 11) is 0. The maximum absolute atomic E-state index is 14.4. The number of aliphatic hydroxyl groups is 2. The lowest BCUT2D eigenvalue weighted by Crippen LogP contribution is -2.69. The molecule has 3 aliphatic carbocycles. The Bertz CT molecular complexity index is 2060. The predicted octanol–water partition coefficient (Wildman–Crippen LogP) is 2.95. The molecule has 16 nitrogen and oxygen atoms in total. The molecule has 6 fully saturated rings. The summed E-state index contributed by atoms with van der Waals surface area (Å²) in [6, 6.07) is 2.80. The van der Waals surface area contributed by atoms with Crippen molar-refractivity contribution in [2.45, 2.75) is 177 Å². The zero-order valence-corrected chi connectivity index (χ0v) is 33.5. The van der Waals surface area contributed by atoms with E-state index in [2.05, 4.69) is 0 Å². The van der Waals surface area contributed by atoms with Crippen LogP contribution in [0.4, 0.5) is 0 Å². The third-order valence-corrected chi connectivity index (χ3v) is 13.4. The summed E-state index contributed by atoms with van der Waals surface area (Å²) < 4.78 is 48.8. The van der Waals surface area contributed by atoms with Crippen molar-refractivity contribution in [3.63, 3.8) is 0 Å². The molecule has 0 unspecified atom stereocenters. The van der Waals surface area contributed by atoms with E-state index in [9.17, 15) is 39.3 Å². The standard InChI is InChI=1S/C43H50O16/c1-18-25(44)8-10-32(53-18)57-27-9-11-33(54-20(27)3)59-41(5)16-31(46)43(51)35-24(12-13-42(43,50)17-41)37(48)34-23(38(35)49)7-6-22(36(34)47)28-15-29-39(21(4)52-28)58-40-30(56-29)14-26(45)19(2)55-40/h6-7,12-13,18-21,27-30,32-33,39-40,47,50-51H,8-11,14-17H2,1-5H3/t18-,19-,20-,21-,27+,28-,29-,30+,32+,33-,39-,40+,41+,42-,43+/m1/s1. The quantitative estimate of drug-likeness (QED) is 0.389. The van der Waals surface area contributed by atoms with Gasteiger partial charge in [-0.2, -0.15) is 0 Å². The van der Waals surface area contributed by atoms with Crippen LogP contribution in [0.5, 0.6) is 5.75 Å². The third kappa shape index (κ3) is 6.62. The number of Topliss-reactive ketones (excluding diaryl/α,β-unsaturated/α-hetero) is 5. The fourth-order valence-electron chi connectivity index (χ4n) is 10.3. The summed E-state index contributed by atoms with van der Waals surface area (Å²) in [6.45, 7) is 8.59. The van der Waals surface area contributed by atoms with Gasteiger partial charge in [0.25, 0.3) is 0 Å². The Morgan fingerprint density at radius 3 is 2.31 bits per heavy atom. The molecular formula is C43H50O16. The van der Waals surface area contributed by atoms with Crippen LogP contribution in [0, 0.1) is 0 Å². The van der Waals surface area contributed by atoms with Crippen molar-refractivity contribution in [2.75, 3.05) is 0 Å². The Morgan fingerprint density at radius 2 is 1.56 bits per heavy atom. The number of rotatable bonds is 5. The van der Waals surface area contributed by atoms with Gasteiger partial charge in [-0.1, -0.05) is 12.1 Å². The minimum atomic E-state index is -2.80. The average Bonchev–Trinajstić information content (AvgIpc) is 3.16. The van der Waals surface area contributed by atoms with E-state index in [1.165, 1.54) is 18.2 Å². The van der Waals surface area contributed by atoms with Crippen LogP contribution in [0.3, 0.4) is 0 Å². The van der Waals surface area contributed by atoms with Gasteiger partial charge in [-0.3, -0.25) is 24.0 Å². The summed E-state index contributed by atoms with van der Waals surface area (Å²) >= 11 is 0. The number of ketones is 5. The van der Waals surface area contributed by atoms with Gasteiger partial charge in [0.1, 0.15) is 35.8 Å². The van der Waals surface area contributed by atoms with Crippen molar-refractivity contribution < 1.29 is 77.2 Å². The Labute approximate surface area is 340 Å². The molecule has 5 saturated heterocycles. The maximum Gasteiger partial charge on any atom is 0.198 e. The molecule has 1 saturated carbocycles. The fourth-order valence-corrected chi connectivity index (χ4v) is 10.3. The number of carbonyl (C=O) groups excluding carboxylic acids is 5. The van der Waals surface area contributed by atoms with Crippen molar-refractivity contribution in [2.24, 2.45) is 0 Å². The SMILES string of the molecule is C[C@H]1O[C@@H](O[C@H]2CC[C@@H](O[C@@]3(C)CC(=O)[C@]4(O)C5=C(C=C[C@@]4(O)C3)C(=O)c3c(ccc([C@H]4C[C@H]6O[C@H]7CC(=O)[C@@H](C)O[C@H]7O[C@@H]6[C@@H](C)O4)c3O)C5=O)O[C@@H]2C)CCC1=O. The number of carbonyl (C=O) groups is 5. The van der Waals surface area contributed by atoms with Crippen LogP contribution in [-0.4, -0.2) is 129 Å². The minimum absolute atomic E-state index is 0.0306. The number of hydrogen-bond acceptors (Lipinski definition) is 16. The van der Waals surface area contributed by atoms with Gasteiger partial charge in [0.2, 0.25) is 0 Å². The highest BCUT2D eigenvalue weighted by Crippen LogP contribution is 2.53. The number of ether oxygens (including phenoxy) is 8. The lowest BCUT2D eigenvalue weighted by atomic mass is 9.57. The summed E-state index contributed by atoms with van der Waals surface area (Å²) in [5.74, 6) is -3.19. The normalized spacial score (nSPS) is 44.7. The molecule has 0 bridgehead atoms. The Kier molecular flexibility index (Phi) is 10.1. The van der Waals surface area contributed by atoms with Crippen LogP contribution >= 0.6 is 0 Å². The molecule has 0 radical (unpaired) electrons. The van der Waals surface area contributed by atoms with Crippen LogP contribution in [-0.2, 0) is 52.3 Å². The highest BCUT2D eigenvalue weighted by molar-refractivity contribution is 6.32. The molecular weight excluding hydrogens is 772 g/mol. The maximum atomic E-state index is 14.4. The lowest BCUT2D eigenvalue weighted by molar-refractivity contribution is -0.347. The number of benzene rings is 1. The van der Waals surface area contributed by atoms with E-state index in [4.69, 9.17) is 37.9 Å². The second kappa shape index (κ2) is 14.5. The molecule has 16 heteroatoms. The van der Waals surface area contributed by atoms with Crippen LogP contribution < -0.4 is 0 Å². The molecule has 0 aromatic heterocycles. The van der Waals surface area contributed by atoms with E-state index in [0.717, 1.165) is 6.08 Å². The molecule has 15 atom stereocenters. The molecule has 318 valence electrons. The fraction of sp³-hybridized carbons (Fsp3) is 0.651. The Morgan fingerprint density at radius 1 is 0.797 bits per heavy atom. The number of fused-ring (bicyclic) bond motifs is 5. The van der Waals surface area contributed by atoms with Crippen molar-refractivity contribution in [1.29, 1.82) is 0 Å². The van der Waals surface area contributed by atoms with Crippen LogP contribution in [0.2, 0.25) is 0 Å². The second-order valence-corrected chi connectivity index (χ2v) is 17.6. The van der Waals surface area contributed by atoms with E-state index in [0.29, 0.717) is 25.7 Å². The van der Waals surface area contributed by atoms with Crippen LogP contribution in [0.15, 0.2) is 35.4 Å². The van der Waals surface area contributed by atoms with E-state index in [1.54, 1.807) is 27.7 Å². The first-order chi connectivity index (χ1) is 27.9. The van der Waals surface area contributed by atoms with Crippen LogP contribution in [0.1, 0.15) is 118 Å². The first-order valence-electron chi connectivity index (χ1n) is 20.6. The minimum Gasteiger partial charge on any atom is -0.507 e. The summed E-state index contributed by atoms with van der Waals surface area (Å²) in [5.41, 5.74) is -7.72. The van der Waals surface area contributed by atoms with Crippen molar-refractivity contribution in [3.8, 4) is 5.75 Å². The predicted molar refractivity (Wildman–Crippen MR) is 199 cm³/mol. The van der Waals surface area contributed by atoms with Gasteiger partial charge in [-0.05, 0) is 53.2 Å². The van der Waals surface area contributed by atoms with E-state index in [-0.39, 0.29) is 59.2 Å². The first kappa shape index (κ1) is 40.8. The molecule has 8 aliphatic rings. The van der Waals surface area contributed by atoms with Gasteiger partial charge in [-0.15, -0.1) is 0 Å². The van der Waals surface area contributed by atoms with Crippen molar-refractivity contribution in [1.82, 2.24) is 0 Å². The van der Waals surface area contributed by atoms with Crippen molar-refractivity contribution in [3.05, 3.63) is 52.1 Å². The number of allylic oxidation sites excluding steroid dienone is 2. The molecule has 0 spiro atoms. The van der Waals surface area contributed by atoms with E-state index >= 15 is 0 Å². The molecule has 59 heavy (non-hydrogen) atoms. The number of phenols is 1. The number of hydrogen-bond donors (Lipinski definition) is 3. The van der Waals surface area contributed by atoms with Crippen molar-refractivity contribution >= 4 is 28.9 Å². The van der Waals surface area contributed by atoms with Gasteiger partial charge in [-0.25, -0.2) is 0 Å². The Hall–Kier alpha value is -3.55. The highest BCUT2D eigenvalue weighted by Gasteiger charge is 2.67. The van der Waals surface area contributed by atoms with Gasteiger partial charge >= 0.3 is 0 Å². The molecule has 1 aromatic rings. The molecule has 1 aromatic carbocycles. The zero-order chi connectivity index (χ0) is 41.9. The van der Waals surface area contributed by atoms with Gasteiger partial charge in [0, 0.05) is 61.6 Å². The molecule has 5 aliphatic heterocycles. The summed E-state index contributed by atoms with van der Waals surface area (Å²) in [6.07, 6.45) is -3.32. The number of aromatic hydroxyl groups is 1.